The molecule has 10 nitrogen and oxygen atoms in total. The van der Waals surface area contributed by atoms with Crippen LogP contribution in [0.25, 0.3) is 33.6 Å². The summed E-state index contributed by atoms with van der Waals surface area (Å²) in [5, 5.41) is 12.3. The molecule has 2 saturated heterocycles. The number of nitrogens with zero attached hydrogens (tertiary/aromatic N) is 2. The second kappa shape index (κ2) is 15.4. The van der Waals surface area contributed by atoms with E-state index in [9.17, 15) is 22.8 Å². The third kappa shape index (κ3) is 8.12. The Bertz CT molecular complexity index is 1920. The number of rotatable bonds is 13. The molecule has 4 N–H and O–H groups in total. The molecular formula is C37H38F4N6O4. The van der Waals surface area contributed by atoms with Crippen molar-refractivity contribution in [2.45, 2.75) is 57.0 Å². The topological polar surface area (TPSA) is 126 Å². The molecule has 268 valence electrons. The van der Waals surface area contributed by atoms with Gasteiger partial charge in [0.1, 0.15) is 5.82 Å². The number of halogens is 4. The van der Waals surface area contributed by atoms with Gasteiger partial charge in [0.05, 0.1) is 31.2 Å². The van der Waals surface area contributed by atoms with Crippen molar-refractivity contribution < 1.29 is 36.6 Å². The van der Waals surface area contributed by atoms with Crippen molar-refractivity contribution in [1.29, 1.82) is 0 Å². The molecule has 2 aliphatic rings. The third-order valence-electron chi connectivity index (χ3n) is 9.04. The molecule has 0 unspecified atom stereocenters. The maximum Gasteiger partial charge on any atom is 0.417 e. The number of benzene rings is 2. The molecule has 4 heterocycles. The van der Waals surface area contributed by atoms with Crippen LogP contribution in [-0.4, -0.2) is 61.2 Å². The van der Waals surface area contributed by atoms with Crippen molar-refractivity contribution in [1.82, 2.24) is 31.2 Å². The quantitative estimate of drug-likeness (QED) is 0.137. The summed E-state index contributed by atoms with van der Waals surface area (Å²) in [6, 6.07) is 14.7. The highest BCUT2D eigenvalue weighted by atomic mass is 19.4. The Kier molecular flexibility index (Phi) is 10.8. The van der Waals surface area contributed by atoms with E-state index in [1.165, 1.54) is 56.7 Å². The molecule has 0 radical (unpaired) electrons. The van der Waals surface area contributed by atoms with Crippen LogP contribution >= 0.6 is 0 Å². The van der Waals surface area contributed by atoms with Gasteiger partial charge < -0.3 is 30.7 Å². The van der Waals surface area contributed by atoms with E-state index in [0.717, 1.165) is 12.8 Å². The molecule has 2 amide bonds. The van der Waals surface area contributed by atoms with E-state index < -0.39 is 17.6 Å². The summed E-state index contributed by atoms with van der Waals surface area (Å²) < 4.78 is 72.1. The van der Waals surface area contributed by atoms with E-state index >= 15 is 4.39 Å². The Morgan fingerprint density at radius 1 is 0.706 bits per heavy atom. The van der Waals surface area contributed by atoms with Crippen LogP contribution in [0.5, 0.6) is 11.8 Å². The van der Waals surface area contributed by atoms with Crippen LogP contribution in [0.2, 0.25) is 0 Å². The molecule has 2 atom stereocenters. The molecule has 4 aromatic rings. The van der Waals surface area contributed by atoms with Crippen molar-refractivity contribution in [3.05, 3.63) is 83.2 Å². The van der Waals surface area contributed by atoms with Crippen LogP contribution in [0.15, 0.2) is 60.7 Å². The fourth-order valence-corrected chi connectivity index (χ4v) is 6.52. The first kappa shape index (κ1) is 35.7. The summed E-state index contributed by atoms with van der Waals surface area (Å²) in [4.78, 5) is 31.9. The molecule has 6 rings (SSSR count). The SMILES string of the molecule is COc1nc(-c2cccc(-c3cccc(-c4ccc(CNC[C@@H]5CCC(=O)N5)c(OC)n4)c3C(F)(F)F)c2F)ccc1CNC[C@@H]1CCC(=O)N1. The number of nitrogens with one attached hydrogen (secondary N) is 4. The Morgan fingerprint density at radius 2 is 1.18 bits per heavy atom. The first-order chi connectivity index (χ1) is 24.5. The number of hydrogen-bond donors (Lipinski definition) is 4. The van der Waals surface area contributed by atoms with Crippen LogP contribution in [-0.2, 0) is 28.9 Å². The molecule has 51 heavy (non-hydrogen) atoms. The lowest BCUT2D eigenvalue weighted by Crippen LogP contribution is -2.35. The number of ether oxygens (including phenoxy) is 2. The zero-order valence-corrected chi connectivity index (χ0v) is 28.1. The van der Waals surface area contributed by atoms with Crippen LogP contribution < -0.4 is 30.7 Å². The normalized spacial score (nSPS) is 17.4. The van der Waals surface area contributed by atoms with E-state index in [-0.39, 0.29) is 69.3 Å². The smallest absolute Gasteiger partial charge is 0.417 e. The van der Waals surface area contributed by atoms with Gasteiger partial charge in [0.15, 0.2) is 0 Å². The average Bonchev–Trinajstić information content (AvgIpc) is 3.74. The fraction of sp³-hybridized carbons (Fsp3) is 0.351. The van der Waals surface area contributed by atoms with Crippen LogP contribution in [0.1, 0.15) is 42.4 Å². The highest BCUT2D eigenvalue weighted by Crippen LogP contribution is 2.45. The molecule has 0 aliphatic carbocycles. The number of hydrogen-bond acceptors (Lipinski definition) is 8. The fourth-order valence-electron chi connectivity index (χ4n) is 6.52. The zero-order chi connectivity index (χ0) is 36.1. The molecule has 2 fully saturated rings. The molecule has 2 aromatic heterocycles. The summed E-state index contributed by atoms with van der Waals surface area (Å²) in [5.41, 5.74) is -0.346. The van der Waals surface area contributed by atoms with Crippen LogP contribution in [0, 0.1) is 5.82 Å². The first-order valence-electron chi connectivity index (χ1n) is 16.6. The molecule has 2 aliphatic heterocycles. The maximum atomic E-state index is 16.4. The molecule has 14 heteroatoms. The van der Waals surface area contributed by atoms with Crippen molar-refractivity contribution in [3.8, 4) is 45.4 Å². The van der Waals surface area contributed by atoms with E-state index in [2.05, 4.69) is 31.2 Å². The second-order valence-corrected chi connectivity index (χ2v) is 12.5. The minimum absolute atomic E-state index is 0.00305. The Balaban J connectivity index is 1.28. The van der Waals surface area contributed by atoms with E-state index in [4.69, 9.17) is 9.47 Å². The van der Waals surface area contributed by atoms with E-state index in [1.54, 1.807) is 18.2 Å². The van der Waals surface area contributed by atoms with Crippen molar-refractivity contribution >= 4 is 11.8 Å². The monoisotopic (exact) mass is 706 g/mol. The second-order valence-electron chi connectivity index (χ2n) is 12.5. The molecule has 0 bridgehead atoms. The van der Waals surface area contributed by atoms with Gasteiger partial charge in [-0.1, -0.05) is 42.5 Å². The number of aromatic nitrogens is 2. The molecule has 0 saturated carbocycles. The van der Waals surface area contributed by atoms with Crippen molar-refractivity contribution in [3.63, 3.8) is 0 Å². The van der Waals surface area contributed by atoms with Crippen molar-refractivity contribution in [2.75, 3.05) is 27.3 Å². The van der Waals surface area contributed by atoms with E-state index in [0.29, 0.717) is 50.1 Å². The molecular weight excluding hydrogens is 668 g/mol. The van der Waals surface area contributed by atoms with Gasteiger partial charge in [-0.05, 0) is 36.6 Å². The predicted molar refractivity (Wildman–Crippen MR) is 182 cm³/mol. The predicted octanol–water partition coefficient (Wildman–Crippen LogP) is 5.39. The van der Waals surface area contributed by atoms with Gasteiger partial charge in [0.25, 0.3) is 0 Å². The van der Waals surface area contributed by atoms with Gasteiger partial charge in [-0.15, -0.1) is 0 Å². The first-order valence-corrected chi connectivity index (χ1v) is 16.6. The molecule has 2 aromatic carbocycles. The number of alkyl halides is 3. The molecule has 0 spiro atoms. The number of methoxy groups -OCH3 is 2. The summed E-state index contributed by atoms with van der Waals surface area (Å²) in [6.45, 7) is 1.78. The largest absolute Gasteiger partial charge is 0.481 e. The minimum atomic E-state index is -4.87. The summed E-state index contributed by atoms with van der Waals surface area (Å²) in [7, 11) is 2.82. The van der Waals surface area contributed by atoms with Gasteiger partial charge in [0.2, 0.25) is 23.6 Å². The third-order valence-corrected chi connectivity index (χ3v) is 9.04. The summed E-state index contributed by atoms with van der Waals surface area (Å²) in [6.07, 6.45) is -2.44. The van der Waals surface area contributed by atoms with Gasteiger partial charge in [-0.25, -0.2) is 14.4 Å². The van der Waals surface area contributed by atoms with E-state index in [1.807, 2.05) is 0 Å². The maximum absolute atomic E-state index is 16.4. The van der Waals surface area contributed by atoms with Gasteiger partial charge in [-0.3, -0.25) is 9.59 Å². The Morgan fingerprint density at radius 3 is 1.65 bits per heavy atom. The zero-order valence-electron chi connectivity index (χ0n) is 28.1. The summed E-state index contributed by atoms with van der Waals surface area (Å²) >= 11 is 0. The number of pyridine rings is 2. The van der Waals surface area contributed by atoms with Crippen LogP contribution in [0.3, 0.4) is 0 Å². The lowest BCUT2D eigenvalue weighted by Gasteiger charge is -2.19. The van der Waals surface area contributed by atoms with Gasteiger partial charge in [0, 0.05) is 78.9 Å². The number of carbonyl (C=O) groups is 2. The van der Waals surface area contributed by atoms with Crippen LogP contribution in [0.4, 0.5) is 17.6 Å². The standard InChI is InChI=1S/C37H38F4N6O4/c1-50-35-21(17-42-19-23-11-15-31(48)44-23)9-13-29(46-35)27-7-3-5-25(33(27)37(39,40)41)26-6-4-8-28(34(26)38)30-14-10-22(36(47-30)51-2)18-43-20-24-12-16-32(49)45-24/h3-10,13-14,23-24,42-43H,11-12,15-20H2,1-2H3,(H,44,48)(H,45,49)/t23-,24-/m0/s1. The summed E-state index contributed by atoms with van der Waals surface area (Å²) in [5.74, 6) is -0.466. The highest BCUT2D eigenvalue weighted by molar-refractivity contribution is 5.81. The minimum Gasteiger partial charge on any atom is -0.481 e. The lowest BCUT2D eigenvalue weighted by molar-refractivity contribution is -0.136. The van der Waals surface area contributed by atoms with Gasteiger partial charge >= 0.3 is 6.18 Å². The lowest BCUT2D eigenvalue weighted by atomic mass is 9.91. The number of amides is 2. The highest BCUT2D eigenvalue weighted by Gasteiger charge is 2.38. The van der Waals surface area contributed by atoms with Gasteiger partial charge in [-0.2, -0.15) is 13.2 Å². The Hall–Kier alpha value is -5.08. The Labute approximate surface area is 292 Å². The number of carbonyl (C=O) groups excluding carboxylic acids is 2. The average molecular weight is 707 g/mol. The van der Waals surface area contributed by atoms with Crippen molar-refractivity contribution in [2.24, 2.45) is 0 Å².